The van der Waals surface area contributed by atoms with Crippen molar-refractivity contribution in [2.75, 3.05) is 4.90 Å². The average molecular weight is 472 g/mol. The molecule has 34 heavy (non-hydrogen) atoms. The molecule has 2 aliphatic rings. The Balaban J connectivity index is 1.42. The Labute approximate surface area is 204 Å². The normalized spacial score (nSPS) is 18.2. The van der Waals surface area contributed by atoms with Crippen molar-refractivity contribution in [3.63, 3.8) is 0 Å². The highest BCUT2D eigenvalue weighted by atomic mass is 35.5. The molecule has 0 spiro atoms. The van der Waals surface area contributed by atoms with Crippen LogP contribution in [-0.4, -0.2) is 11.7 Å². The number of rotatable bonds is 5. The summed E-state index contributed by atoms with van der Waals surface area (Å²) in [6, 6.07) is 23.4. The molecule has 0 aromatic heterocycles. The molecule has 5 rings (SSSR count). The molecule has 1 atom stereocenters. The second-order valence-corrected chi connectivity index (χ2v) is 9.32. The van der Waals surface area contributed by atoms with Gasteiger partial charge in [-0.3, -0.25) is 14.5 Å². The molecule has 1 aliphatic carbocycles. The molecule has 0 fully saturated rings. The van der Waals surface area contributed by atoms with Gasteiger partial charge in [-0.2, -0.15) is 0 Å². The van der Waals surface area contributed by atoms with E-state index in [0.717, 1.165) is 34.6 Å². The monoisotopic (exact) mass is 471 g/mol. The number of ketones is 1. The molecular formula is C29H26ClNO3. The van der Waals surface area contributed by atoms with Gasteiger partial charge in [0.2, 0.25) is 5.91 Å². The number of anilines is 1. The topological polar surface area (TPSA) is 46.6 Å². The van der Waals surface area contributed by atoms with Gasteiger partial charge in [0.15, 0.2) is 5.78 Å². The summed E-state index contributed by atoms with van der Waals surface area (Å²) in [6.07, 6.45) is 2.17. The highest BCUT2D eigenvalue weighted by Gasteiger charge is 2.40. The number of halogens is 1. The van der Waals surface area contributed by atoms with Gasteiger partial charge in [0.1, 0.15) is 12.4 Å². The van der Waals surface area contributed by atoms with Gasteiger partial charge < -0.3 is 4.74 Å². The minimum Gasteiger partial charge on any atom is -0.489 e. The number of carbonyl (C=O) groups excluding carboxylic acids is 2. The summed E-state index contributed by atoms with van der Waals surface area (Å²) < 4.78 is 5.94. The van der Waals surface area contributed by atoms with E-state index in [9.17, 15) is 9.59 Å². The number of hydrogen-bond donors (Lipinski definition) is 0. The van der Waals surface area contributed by atoms with Crippen LogP contribution in [0.3, 0.4) is 0 Å². The van der Waals surface area contributed by atoms with Crippen LogP contribution in [0, 0.1) is 6.92 Å². The average Bonchev–Trinajstić information content (AvgIpc) is 2.84. The van der Waals surface area contributed by atoms with Gasteiger partial charge in [-0.1, -0.05) is 65.7 Å². The number of nitrogens with zero attached hydrogens (tertiary/aromatic N) is 1. The first-order valence-corrected chi connectivity index (χ1v) is 12.0. The smallest absolute Gasteiger partial charge is 0.232 e. The Morgan fingerprint density at radius 1 is 0.941 bits per heavy atom. The summed E-state index contributed by atoms with van der Waals surface area (Å²) in [4.78, 5) is 28.1. The van der Waals surface area contributed by atoms with Gasteiger partial charge in [-0.25, -0.2) is 0 Å². The van der Waals surface area contributed by atoms with Crippen molar-refractivity contribution in [2.24, 2.45) is 0 Å². The van der Waals surface area contributed by atoms with E-state index in [1.807, 2.05) is 42.5 Å². The molecule has 0 radical (unpaired) electrons. The van der Waals surface area contributed by atoms with E-state index in [2.05, 4.69) is 31.2 Å². The van der Waals surface area contributed by atoms with Crippen LogP contribution >= 0.6 is 11.6 Å². The Bertz CT molecular complexity index is 1260. The maximum atomic E-state index is 13.3. The van der Waals surface area contributed by atoms with Gasteiger partial charge in [0, 0.05) is 30.0 Å². The zero-order chi connectivity index (χ0) is 23.7. The van der Waals surface area contributed by atoms with E-state index in [-0.39, 0.29) is 24.0 Å². The second kappa shape index (κ2) is 9.47. The van der Waals surface area contributed by atoms with E-state index in [0.29, 0.717) is 30.2 Å². The second-order valence-electron chi connectivity index (χ2n) is 8.92. The van der Waals surface area contributed by atoms with Crippen molar-refractivity contribution < 1.29 is 14.3 Å². The Kier molecular flexibility index (Phi) is 6.25. The summed E-state index contributed by atoms with van der Waals surface area (Å²) in [7, 11) is 0. The van der Waals surface area contributed by atoms with Gasteiger partial charge in [0.25, 0.3) is 0 Å². The lowest BCUT2D eigenvalue weighted by Crippen LogP contribution is -2.40. The van der Waals surface area contributed by atoms with Crippen molar-refractivity contribution in [1.29, 1.82) is 0 Å². The molecule has 3 aromatic carbocycles. The summed E-state index contributed by atoms with van der Waals surface area (Å²) >= 11 is 6.43. The fourth-order valence-corrected chi connectivity index (χ4v) is 5.06. The summed E-state index contributed by atoms with van der Waals surface area (Å²) in [5.74, 6) is 0.593. The van der Waals surface area contributed by atoms with E-state index in [1.54, 1.807) is 11.0 Å². The van der Waals surface area contributed by atoms with Crippen LogP contribution in [0.25, 0.3) is 0 Å². The lowest BCUT2D eigenvalue weighted by Gasteiger charge is -2.38. The van der Waals surface area contributed by atoms with Gasteiger partial charge in [-0.05, 0) is 55.2 Å². The lowest BCUT2D eigenvalue weighted by molar-refractivity contribution is -0.119. The standard InChI is InChI=1S/C29H26ClNO3/c1-19-9-11-20(12-10-19)18-34-22-15-13-21(14-16-22)23-17-28(33)31(25-6-3-2-5-24(25)30)26-7-4-8-27(32)29(23)26/h2-3,5-6,9-16,23H,4,7-8,17-18H2,1H3. The molecule has 3 aromatic rings. The molecule has 0 bridgehead atoms. The van der Waals surface area contributed by atoms with E-state index >= 15 is 0 Å². The van der Waals surface area contributed by atoms with E-state index in [1.165, 1.54) is 5.56 Å². The number of ether oxygens (including phenoxy) is 1. The van der Waals surface area contributed by atoms with Crippen molar-refractivity contribution >= 4 is 29.0 Å². The first kappa shape index (κ1) is 22.4. The molecule has 1 amide bonds. The highest BCUT2D eigenvalue weighted by molar-refractivity contribution is 6.34. The molecule has 0 saturated carbocycles. The zero-order valence-electron chi connectivity index (χ0n) is 19.1. The van der Waals surface area contributed by atoms with Gasteiger partial charge in [-0.15, -0.1) is 0 Å². The summed E-state index contributed by atoms with van der Waals surface area (Å²) in [5.41, 5.74) is 5.47. The Morgan fingerprint density at radius 3 is 2.41 bits per heavy atom. The molecule has 0 N–H and O–H groups in total. The minimum atomic E-state index is -0.250. The van der Waals surface area contributed by atoms with Crippen LogP contribution in [0.2, 0.25) is 5.02 Å². The van der Waals surface area contributed by atoms with E-state index < -0.39 is 0 Å². The predicted molar refractivity (Wildman–Crippen MR) is 134 cm³/mol. The zero-order valence-corrected chi connectivity index (χ0v) is 19.8. The third-order valence-electron chi connectivity index (χ3n) is 6.58. The van der Waals surface area contributed by atoms with Crippen molar-refractivity contribution in [3.05, 3.63) is 106 Å². The molecule has 172 valence electrons. The van der Waals surface area contributed by atoms with Crippen molar-refractivity contribution in [1.82, 2.24) is 0 Å². The largest absolute Gasteiger partial charge is 0.489 e. The first-order valence-electron chi connectivity index (χ1n) is 11.6. The molecule has 5 heteroatoms. The number of benzene rings is 3. The molecule has 4 nitrogen and oxygen atoms in total. The van der Waals surface area contributed by atoms with Crippen LogP contribution in [-0.2, 0) is 16.2 Å². The molecule has 1 heterocycles. The predicted octanol–water partition coefficient (Wildman–Crippen LogP) is 6.76. The van der Waals surface area contributed by atoms with Gasteiger partial charge >= 0.3 is 0 Å². The fourth-order valence-electron chi connectivity index (χ4n) is 4.84. The van der Waals surface area contributed by atoms with Crippen LogP contribution in [0.1, 0.15) is 48.3 Å². The number of para-hydroxylation sites is 1. The van der Waals surface area contributed by atoms with E-state index in [4.69, 9.17) is 16.3 Å². The number of Topliss-reactive ketones (excluding diaryl/α,β-unsaturated/α-hetero) is 1. The van der Waals surface area contributed by atoms with Crippen LogP contribution in [0.4, 0.5) is 5.69 Å². The number of carbonyl (C=O) groups is 2. The number of hydrogen-bond acceptors (Lipinski definition) is 3. The third kappa shape index (κ3) is 4.38. The van der Waals surface area contributed by atoms with Crippen LogP contribution in [0.5, 0.6) is 5.75 Å². The number of amides is 1. The van der Waals surface area contributed by atoms with Gasteiger partial charge in [0.05, 0.1) is 10.7 Å². The first-order chi connectivity index (χ1) is 16.5. The molecular weight excluding hydrogens is 446 g/mol. The SMILES string of the molecule is Cc1ccc(COc2ccc(C3CC(=O)N(c4ccccc4Cl)C4=C3C(=O)CCC4)cc2)cc1. The maximum Gasteiger partial charge on any atom is 0.232 e. The lowest BCUT2D eigenvalue weighted by atomic mass is 9.77. The summed E-state index contributed by atoms with van der Waals surface area (Å²) in [6.45, 7) is 2.55. The van der Waals surface area contributed by atoms with Crippen molar-refractivity contribution in [3.8, 4) is 5.75 Å². The number of aryl methyl sites for hydroxylation is 1. The molecule has 1 aliphatic heterocycles. The summed E-state index contributed by atoms with van der Waals surface area (Å²) in [5, 5.41) is 0.509. The molecule has 1 unspecified atom stereocenters. The maximum absolute atomic E-state index is 13.3. The fraction of sp³-hybridized carbons (Fsp3) is 0.241. The van der Waals surface area contributed by atoms with Crippen molar-refractivity contribution in [2.45, 2.75) is 45.1 Å². The van der Waals surface area contributed by atoms with Crippen LogP contribution < -0.4 is 9.64 Å². The minimum absolute atomic E-state index is 0.0359. The number of allylic oxidation sites excluding steroid dienone is 2. The third-order valence-corrected chi connectivity index (χ3v) is 6.90. The molecule has 0 saturated heterocycles. The Morgan fingerprint density at radius 2 is 1.68 bits per heavy atom. The van der Waals surface area contributed by atoms with Crippen LogP contribution in [0.15, 0.2) is 84.1 Å². The Hall–Kier alpha value is -3.37. The quantitative estimate of drug-likeness (QED) is 0.413. The highest BCUT2D eigenvalue weighted by Crippen LogP contribution is 2.44.